The Morgan fingerprint density at radius 2 is 2.00 bits per heavy atom. The quantitative estimate of drug-likeness (QED) is 0.669. The third-order valence-corrected chi connectivity index (χ3v) is 5.05. The lowest BCUT2D eigenvalue weighted by Crippen LogP contribution is -2.07. The van der Waals surface area contributed by atoms with E-state index in [2.05, 4.69) is 26.0 Å². The van der Waals surface area contributed by atoms with Gasteiger partial charge in [-0.3, -0.25) is 4.57 Å². The molecule has 2 N–H and O–H groups in total. The van der Waals surface area contributed by atoms with Crippen LogP contribution in [0.1, 0.15) is 12.6 Å². The van der Waals surface area contributed by atoms with Crippen molar-refractivity contribution in [2.75, 3.05) is 5.73 Å². The number of imidazole rings is 1. The smallest absolute Gasteiger partial charge is 0.207 e. The Bertz CT molecular complexity index is 852. The van der Waals surface area contributed by atoms with Gasteiger partial charge in [0.25, 0.3) is 0 Å². The first-order valence-electron chi connectivity index (χ1n) is 6.30. The number of aryl methyl sites for hydroxylation is 2. The normalized spacial score (nSPS) is 11.5. The summed E-state index contributed by atoms with van der Waals surface area (Å²) in [5.74, 6) is 0.355. The van der Waals surface area contributed by atoms with Gasteiger partial charge in [0, 0.05) is 11.0 Å². The third kappa shape index (κ3) is 2.13. The predicted molar refractivity (Wildman–Crippen MR) is 89.4 cm³/mol. The minimum absolute atomic E-state index is 0.355. The molecule has 0 aliphatic rings. The molecule has 0 aliphatic heterocycles. The summed E-state index contributed by atoms with van der Waals surface area (Å²) in [5.41, 5.74) is 9.17. The first-order chi connectivity index (χ1) is 9.95. The Hall–Kier alpha value is -1.24. The number of nitrogens with two attached hydrogens (primary N) is 1. The summed E-state index contributed by atoms with van der Waals surface area (Å²) in [7, 11) is 0. The third-order valence-electron chi connectivity index (χ3n) is 3.29. The summed E-state index contributed by atoms with van der Waals surface area (Å²) in [6.45, 7) is 4.62. The van der Waals surface area contributed by atoms with Gasteiger partial charge in [-0.1, -0.05) is 23.2 Å². The molecule has 0 amide bonds. The maximum absolute atomic E-state index is 6.37. The number of hydrogen-bond acceptors (Lipinski definition) is 3. The van der Waals surface area contributed by atoms with Crippen LogP contribution in [0.5, 0.6) is 0 Å². The van der Waals surface area contributed by atoms with Crippen molar-refractivity contribution < 1.29 is 0 Å². The molecule has 0 aliphatic carbocycles. The lowest BCUT2D eigenvalue weighted by atomic mass is 10.3. The van der Waals surface area contributed by atoms with E-state index in [0.29, 0.717) is 28.2 Å². The van der Waals surface area contributed by atoms with Gasteiger partial charge in [-0.2, -0.15) is 5.10 Å². The molecular formula is C13H12BrCl2N5. The van der Waals surface area contributed by atoms with Crippen LogP contribution in [0.2, 0.25) is 10.0 Å². The van der Waals surface area contributed by atoms with Gasteiger partial charge in [-0.05, 0) is 41.9 Å². The van der Waals surface area contributed by atoms with E-state index in [0.717, 1.165) is 21.3 Å². The topological polar surface area (TPSA) is 61.7 Å². The van der Waals surface area contributed by atoms with E-state index in [4.69, 9.17) is 28.9 Å². The van der Waals surface area contributed by atoms with Gasteiger partial charge in [-0.25, -0.2) is 9.67 Å². The number of halogens is 3. The van der Waals surface area contributed by atoms with E-state index < -0.39 is 0 Å². The zero-order valence-corrected chi connectivity index (χ0v) is 14.5. The molecule has 0 radical (unpaired) electrons. The van der Waals surface area contributed by atoms with Crippen LogP contribution in [0.15, 0.2) is 16.6 Å². The minimum atomic E-state index is 0.355. The fourth-order valence-corrected chi connectivity index (χ4v) is 3.19. The average Bonchev–Trinajstić information content (AvgIpc) is 2.94. The van der Waals surface area contributed by atoms with Gasteiger partial charge in [0.05, 0.1) is 21.4 Å². The summed E-state index contributed by atoms with van der Waals surface area (Å²) >= 11 is 15.9. The van der Waals surface area contributed by atoms with Gasteiger partial charge >= 0.3 is 0 Å². The molecule has 3 rings (SSSR count). The number of nitrogens with zero attached hydrogens (tertiary/aromatic N) is 4. The minimum Gasteiger partial charge on any atom is -0.369 e. The molecule has 2 heterocycles. The molecule has 0 saturated carbocycles. The molecule has 5 nitrogen and oxygen atoms in total. The van der Waals surface area contributed by atoms with Crippen molar-refractivity contribution in [3.05, 3.63) is 32.3 Å². The van der Waals surface area contributed by atoms with Crippen LogP contribution in [-0.4, -0.2) is 19.3 Å². The number of anilines is 1. The predicted octanol–water partition coefficient (Wildman–Crippen LogP) is 4.20. The Kier molecular flexibility index (Phi) is 3.63. The highest BCUT2D eigenvalue weighted by Crippen LogP contribution is 2.37. The zero-order valence-electron chi connectivity index (χ0n) is 11.4. The molecule has 2 aromatic heterocycles. The van der Waals surface area contributed by atoms with Crippen molar-refractivity contribution in [3.63, 3.8) is 0 Å². The highest BCUT2D eigenvalue weighted by molar-refractivity contribution is 9.10. The first-order valence-corrected chi connectivity index (χ1v) is 7.85. The van der Waals surface area contributed by atoms with Crippen molar-refractivity contribution in [1.82, 2.24) is 19.3 Å². The fourth-order valence-electron chi connectivity index (χ4n) is 2.33. The Labute approximate surface area is 139 Å². The number of aromatic nitrogens is 4. The molecule has 110 valence electrons. The van der Waals surface area contributed by atoms with E-state index in [-0.39, 0.29) is 0 Å². The van der Waals surface area contributed by atoms with E-state index in [1.165, 1.54) is 0 Å². The average molecular weight is 389 g/mol. The lowest BCUT2D eigenvalue weighted by Gasteiger charge is -2.11. The maximum Gasteiger partial charge on any atom is 0.207 e. The van der Waals surface area contributed by atoms with Gasteiger partial charge in [0.15, 0.2) is 5.65 Å². The molecule has 3 aromatic rings. The number of rotatable bonds is 2. The van der Waals surface area contributed by atoms with Crippen molar-refractivity contribution in [2.45, 2.75) is 20.4 Å². The first kappa shape index (κ1) is 14.7. The molecule has 21 heavy (non-hydrogen) atoms. The molecule has 0 saturated heterocycles. The number of hydrogen-bond donors (Lipinski definition) is 1. The molecule has 0 bridgehead atoms. The summed E-state index contributed by atoms with van der Waals surface area (Å²) in [6, 6.07) is 3.67. The van der Waals surface area contributed by atoms with Crippen LogP contribution in [0, 0.1) is 6.92 Å². The Balaban J connectivity index is 2.40. The highest BCUT2D eigenvalue weighted by Gasteiger charge is 2.20. The molecule has 8 heteroatoms. The monoisotopic (exact) mass is 387 g/mol. The molecule has 0 fully saturated rings. The second-order valence-electron chi connectivity index (χ2n) is 4.57. The van der Waals surface area contributed by atoms with E-state index in [1.807, 2.05) is 30.7 Å². The van der Waals surface area contributed by atoms with Crippen LogP contribution < -0.4 is 5.73 Å². The largest absolute Gasteiger partial charge is 0.369 e. The van der Waals surface area contributed by atoms with Crippen LogP contribution in [0.25, 0.3) is 16.9 Å². The summed E-state index contributed by atoms with van der Waals surface area (Å²) in [4.78, 5) is 4.39. The standard InChI is InChI=1S/C13H12BrCl2N5/c1-3-20-12-11(6(2)19-20)18-13(17)21(12)8-5-4-7(14)9(15)10(8)16/h4-5H,3H2,1-2H3,(H2,17,18). The van der Waals surface area contributed by atoms with Gasteiger partial charge < -0.3 is 5.73 Å². The van der Waals surface area contributed by atoms with Crippen molar-refractivity contribution >= 4 is 56.2 Å². The van der Waals surface area contributed by atoms with Crippen LogP contribution in [-0.2, 0) is 6.54 Å². The van der Waals surface area contributed by atoms with E-state index in [1.54, 1.807) is 4.57 Å². The molecule has 1 aromatic carbocycles. The van der Waals surface area contributed by atoms with Crippen molar-refractivity contribution in [1.29, 1.82) is 0 Å². The number of fused-ring (bicyclic) bond motifs is 1. The number of benzene rings is 1. The van der Waals surface area contributed by atoms with Crippen LogP contribution in [0.4, 0.5) is 5.95 Å². The fraction of sp³-hybridized carbons (Fsp3) is 0.231. The number of nitrogen functional groups attached to an aromatic ring is 1. The second-order valence-corrected chi connectivity index (χ2v) is 6.18. The molecular weight excluding hydrogens is 377 g/mol. The Morgan fingerprint density at radius 3 is 2.67 bits per heavy atom. The van der Waals surface area contributed by atoms with Crippen LogP contribution >= 0.6 is 39.1 Å². The van der Waals surface area contributed by atoms with Gasteiger partial charge in [0.1, 0.15) is 5.52 Å². The van der Waals surface area contributed by atoms with Crippen molar-refractivity contribution in [2.24, 2.45) is 0 Å². The lowest BCUT2D eigenvalue weighted by molar-refractivity contribution is 0.663. The van der Waals surface area contributed by atoms with Gasteiger partial charge in [0.2, 0.25) is 5.95 Å². The van der Waals surface area contributed by atoms with Crippen molar-refractivity contribution in [3.8, 4) is 5.69 Å². The SMILES string of the molecule is CCn1nc(C)c2nc(N)n(-c3ccc(Br)c(Cl)c3Cl)c21. The Morgan fingerprint density at radius 1 is 1.29 bits per heavy atom. The maximum atomic E-state index is 6.37. The molecule has 0 unspecified atom stereocenters. The summed E-state index contributed by atoms with van der Waals surface area (Å²) in [5, 5.41) is 5.31. The summed E-state index contributed by atoms with van der Waals surface area (Å²) in [6.07, 6.45) is 0. The summed E-state index contributed by atoms with van der Waals surface area (Å²) < 4.78 is 4.35. The molecule has 0 spiro atoms. The highest BCUT2D eigenvalue weighted by atomic mass is 79.9. The van der Waals surface area contributed by atoms with Gasteiger partial charge in [-0.15, -0.1) is 0 Å². The van der Waals surface area contributed by atoms with E-state index >= 15 is 0 Å². The van der Waals surface area contributed by atoms with E-state index in [9.17, 15) is 0 Å². The molecule has 0 atom stereocenters. The second kappa shape index (κ2) is 5.19. The van der Waals surface area contributed by atoms with Crippen LogP contribution in [0.3, 0.4) is 0 Å². The zero-order chi connectivity index (χ0) is 15.3.